The highest BCUT2D eigenvalue weighted by atomic mass is 79.9. The molecule has 15 heavy (non-hydrogen) atoms. The van der Waals surface area contributed by atoms with Gasteiger partial charge in [0, 0.05) is 12.8 Å². The highest BCUT2D eigenvalue weighted by Crippen LogP contribution is 2.32. The molecule has 0 aliphatic carbocycles. The lowest BCUT2D eigenvalue weighted by molar-refractivity contribution is -0.137. The van der Waals surface area contributed by atoms with Gasteiger partial charge in [0.25, 0.3) is 0 Å². The molecule has 0 bridgehead atoms. The maximum Gasteiger partial charge on any atom is 0.303 e. The van der Waals surface area contributed by atoms with Crippen LogP contribution in [0.1, 0.15) is 28.9 Å². The number of carbonyl (C=O) groups is 2. The van der Waals surface area contributed by atoms with E-state index in [-0.39, 0.29) is 18.6 Å². The van der Waals surface area contributed by atoms with Gasteiger partial charge in [0.1, 0.15) is 0 Å². The van der Waals surface area contributed by atoms with Crippen LogP contribution in [-0.2, 0) is 4.79 Å². The second kappa shape index (κ2) is 5.63. The molecule has 0 saturated carbocycles. The summed E-state index contributed by atoms with van der Waals surface area (Å²) in [4.78, 5) is 22.3. The van der Waals surface area contributed by atoms with Crippen LogP contribution in [0.25, 0.3) is 0 Å². The molecule has 0 fully saturated rings. The fraction of sp³-hybridized carbons (Fsp3) is 0.333. The summed E-state index contributed by atoms with van der Waals surface area (Å²) in [5.74, 6) is -0.943. The molecular weight excluding hydrogens is 304 g/mol. The zero-order valence-corrected chi connectivity index (χ0v) is 10.8. The highest BCUT2D eigenvalue weighted by molar-refractivity contribution is 9.11. The van der Waals surface area contributed by atoms with Gasteiger partial charge in [0.05, 0.1) is 13.7 Å². The maximum atomic E-state index is 11.5. The standard InChI is InChI=1S/C9H8BrClO3S/c10-9-5(11)4-7(15-9)6(12)2-1-3-8(13)14/h4H,1-3H2,(H,13,14). The molecule has 0 spiro atoms. The number of aliphatic carboxylic acids is 1. The van der Waals surface area contributed by atoms with Gasteiger partial charge in [0.15, 0.2) is 5.78 Å². The van der Waals surface area contributed by atoms with Crippen molar-refractivity contribution in [1.82, 2.24) is 0 Å². The van der Waals surface area contributed by atoms with Crippen LogP contribution >= 0.6 is 38.9 Å². The van der Waals surface area contributed by atoms with E-state index in [1.165, 1.54) is 11.3 Å². The second-order valence-corrected chi connectivity index (χ2v) is 5.68. The smallest absolute Gasteiger partial charge is 0.303 e. The van der Waals surface area contributed by atoms with Crippen molar-refractivity contribution in [3.8, 4) is 0 Å². The van der Waals surface area contributed by atoms with Crippen molar-refractivity contribution in [2.24, 2.45) is 0 Å². The molecule has 0 saturated heterocycles. The van der Waals surface area contributed by atoms with E-state index in [1.54, 1.807) is 6.07 Å². The third-order valence-corrected chi connectivity index (χ3v) is 4.23. The lowest BCUT2D eigenvalue weighted by atomic mass is 10.1. The lowest BCUT2D eigenvalue weighted by Gasteiger charge is -1.95. The average Bonchev–Trinajstić information content (AvgIpc) is 2.46. The molecule has 6 heteroatoms. The molecule has 82 valence electrons. The predicted molar refractivity (Wildman–Crippen MR) is 62.8 cm³/mol. The summed E-state index contributed by atoms with van der Waals surface area (Å²) in [6.07, 6.45) is 0.628. The number of Topliss-reactive ketones (excluding diaryl/α,β-unsaturated/α-hetero) is 1. The molecule has 0 amide bonds. The molecule has 1 heterocycles. The topological polar surface area (TPSA) is 54.4 Å². The van der Waals surface area contributed by atoms with Crippen molar-refractivity contribution in [3.05, 3.63) is 19.8 Å². The van der Waals surface area contributed by atoms with Gasteiger partial charge < -0.3 is 5.11 Å². The summed E-state index contributed by atoms with van der Waals surface area (Å²) < 4.78 is 0.728. The van der Waals surface area contributed by atoms with E-state index in [0.29, 0.717) is 16.3 Å². The molecule has 3 nitrogen and oxygen atoms in total. The number of hydrogen-bond acceptors (Lipinski definition) is 3. The van der Waals surface area contributed by atoms with Crippen LogP contribution in [0.4, 0.5) is 0 Å². The molecule has 1 rings (SSSR count). The Morgan fingerprint density at radius 3 is 2.60 bits per heavy atom. The Labute approximate surface area is 104 Å². The molecule has 0 radical (unpaired) electrons. The minimum absolute atomic E-state index is 0.0199. The van der Waals surface area contributed by atoms with Crippen LogP contribution in [0.3, 0.4) is 0 Å². The molecule has 0 unspecified atom stereocenters. The molecule has 1 aromatic rings. The van der Waals surface area contributed by atoms with E-state index in [0.717, 1.165) is 3.79 Å². The van der Waals surface area contributed by atoms with Gasteiger partial charge in [-0.1, -0.05) is 11.6 Å². The van der Waals surface area contributed by atoms with E-state index in [2.05, 4.69) is 15.9 Å². The summed E-state index contributed by atoms with van der Waals surface area (Å²) in [7, 11) is 0. The van der Waals surface area contributed by atoms with Crippen molar-refractivity contribution >= 4 is 50.6 Å². The number of halogens is 2. The van der Waals surface area contributed by atoms with Crippen LogP contribution in [0, 0.1) is 0 Å². The molecular formula is C9H8BrClO3S. The zero-order valence-electron chi connectivity index (χ0n) is 7.63. The summed E-state index contributed by atoms with van der Waals surface area (Å²) >= 11 is 10.3. The number of ketones is 1. The number of carboxylic acid groups (broad SMARTS) is 1. The summed E-state index contributed by atoms with van der Waals surface area (Å²) in [6, 6.07) is 1.60. The van der Waals surface area contributed by atoms with Gasteiger partial charge >= 0.3 is 5.97 Å². The van der Waals surface area contributed by atoms with E-state index < -0.39 is 5.97 Å². The van der Waals surface area contributed by atoms with Crippen molar-refractivity contribution in [3.63, 3.8) is 0 Å². The first-order valence-corrected chi connectivity index (χ1v) is 6.19. The van der Waals surface area contributed by atoms with E-state index >= 15 is 0 Å². The first-order chi connectivity index (χ1) is 7.00. The summed E-state index contributed by atoms with van der Waals surface area (Å²) in [5.41, 5.74) is 0. The van der Waals surface area contributed by atoms with Crippen molar-refractivity contribution in [2.45, 2.75) is 19.3 Å². The van der Waals surface area contributed by atoms with Crippen LogP contribution in [0.5, 0.6) is 0 Å². The van der Waals surface area contributed by atoms with Crippen LogP contribution in [0.15, 0.2) is 9.85 Å². The van der Waals surface area contributed by atoms with E-state index in [1.807, 2.05) is 0 Å². The minimum atomic E-state index is -0.881. The molecule has 1 aromatic heterocycles. The second-order valence-electron chi connectivity index (χ2n) is 2.90. The first kappa shape index (κ1) is 12.7. The van der Waals surface area contributed by atoms with Crippen LogP contribution < -0.4 is 0 Å². The fourth-order valence-corrected chi connectivity index (χ4v) is 2.68. The van der Waals surface area contributed by atoms with Gasteiger partial charge in [-0.15, -0.1) is 11.3 Å². The third kappa shape index (κ3) is 3.93. The quantitative estimate of drug-likeness (QED) is 0.845. The average molecular weight is 312 g/mol. The largest absolute Gasteiger partial charge is 0.481 e. The number of rotatable bonds is 5. The van der Waals surface area contributed by atoms with Crippen LogP contribution in [-0.4, -0.2) is 16.9 Å². The van der Waals surface area contributed by atoms with Gasteiger partial charge in [-0.05, 0) is 28.4 Å². The number of carboxylic acids is 1. The lowest BCUT2D eigenvalue weighted by Crippen LogP contribution is -1.99. The Bertz CT molecular complexity index is 369. The van der Waals surface area contributed by atoms with E-state index in [4.69, 9.17) is 16.7 Å². The van der Waals surface area contributed by atoms with Gasteiger partial charge in [-0.25, -0.2) is 0 Å². The number of thiophene rings is 1. The van der Waals surface area contributed by atoms with Gasteiger partial charge in [-0.2, -0.15) is 0 Å². The Morgan fingerprint density at radius 1 is 1.47 bits per heavy atom. The highest BCUT2D eigenvalue weighted by Gasteiger charge is 2.12. The van der Waals surface area contributed by atoms with Gasteiger partial charge in [-0.3, -0.25) is 9.59 Å². The summed E-state index contributed by atoms with van der Waals surface area (Å²) in [5, 5.41) is 8.92. The Hall–Kier alpha value is -0.390. The Kier molecular flexibility index (Phi) is 4.76. The molecule has 1 N–H and O–H groups in total. The normalized spacial score (nSPS) is 10.3. The molecule has 0 aliphatic rings. The number of hydrogen-bond donors (Lipinski definition) is 1. The van der Waals surface area contributed by atoms with Crippen molar-refractivity contribution in [2.75, 3.05) is 0 Å². The fourth-order valence-electron chi connectivity index (χ4n) is 1.01. The molecule has 0 atom stereocenters. The monoisotopic (exact) mass is 310 g/mol. The zero-order chi connectivity index (χ0) is 11.4. The first-order valence-electron chi connectivity index (χ1n) is 4.20. The SMILES string of the molecule is O=C(O)CCCC(=O)c1cc(Cl)c(Br)s1. The van der Waals surface area contributed by atoms with Crippen LogP contribution in [0.2, 0.25) is 5.02 Å². The number of carbonyl (C=O) groups excluding carboxylic acids is 1. The van der Waals surface area contributed by atoms with Gasteiger partial charge in [0.2, 0.25) is 0 Å². The Balaban J connectivity index is 2.50. The predicted octanol–water partition coefficient (Wildman–Crippen LogP) is 3.60. The van der Waals surface area contributed by atoms with Crippen molar-refractivity contribution < 1.29 is 14.7 Å². The summed E-state index contributed by atoms with van der Waals surface area (Å²) in [6.45, 7) is 0. The molecule has 0 aromatic carbocycles. The molecule has 0 aliphatic heterocycles. The van der Waals surface area contributed by atoms with Crippen molar-refractivity contribution in [1.29, 1.82) is 0 Å². The Morgan fingerprint density at radius 2 is 2.13 bits per heavy atom. The van der Waals surface area contributed by atoms with E-state index in [9.17, 15) is 9.59 Å². The minimum Gasteiger partial charge on any atom is -0.481 e. The maximum absolute atomic E-state index is 11.5. The third-order valence-electron chi connectivity index (χ3n) is 1.71.